The van der Waals surface area contributed by atoms with Gasteiger partial charge >= 0.3 is 53.8 Å². The van der Waals surface area contributed by atoms with Crippen LogP contribution in [0, 0.1) is 0 Å². The van der Waals surface area contributed by atoms with Crippen molar-refractivity contribution in [1.82, 2.24) is 0 Å². The fourth-order valence-corrected chi connectivity index (χ4v) is 0. The van der Waals surface area contributed by atoms with Crippen LogP contribution in [-0.4, -0.2) is 33.8 Å². The number of hydrogen-bond acceptors (Lipinski definition) is 1. The first-order valence-corrected chi connectivity index (χ1v) is 2.60. The van der Waals surface area contributed by atoms with E-state index < -0.39 is 0 Å². The molecule has 0 spiro atoms. The van der Waals surface area contributed by atoms with Crippen molar-refractivity contribution >= 4 is 33.8 Å². The molecule has 0 atom stereocenters. The predicted octanol–water partition coefficient (Wildman–Crippen LogP) is -0.846. The first-order chi connectivity index (χ1) is 2.64. The third-order valence-electron chi connectivity index (χ3n) is 0.421. The van der Waals surface area contributed by atoms with Gasteiger partial charge in [-0.1, -0.05) is 0 Å². The molecule has 0 bridgehead atoms. The molecular formula is C3H4NNaO. The van der Waals surface area contributed by atoms with Gasteiger partial charge in [0.25, 0.3) is 0 Å². The second kappa shape index (κ2) is 2.39. The number of rotatable bonds is 1. The molecule has 6 heavy (non-hydrogen) atoms. The van der Waals surface area contributed by atoms with Crippen LogP contribution in [0.1, 0.15) is 0 Å². The Hall–Kier alpha value is 0.210. The van der Waals surface area contributed by atoms with Crippen LogP contribution in [0.5, 0.6) is 0 Å². The van der Waals surface area contributed by atoms with Gasteiger partial charge in [-0.25, -0.2) is 0 Å². The van der Waals surface area contributed by atoms with Crippen molar-refractivity contribution in [3.8, 4) is 0 Å². The van der Waals surface area contributed by atoms with Gasteiger partial charge in [0.1, 0.15) is 0 Å². The molecule has 1 amide bonds. The summed E-state index contributed by atoms with van der Waals surface area (Å²) in [7, 11) is 0. The molecule has 0 aromatic heterocycles. The Morgan fingerprint density at radius 3 is 2.00 bits per heavy atom. The number of primary amides is 1. The quantitative estimate of drug-likeness (QED) is 0.333. The standard InChI is InChI=1S/C3H4NO.Na/c1-2-3(4)5;/h1H2,(H2,4,5);. The van der Waals surface area contributed by atoms with Crippen molar-refractivity contribution in [2.45, 2.75) is 0 Å². The van der Waals surface area contributed by atoms with Gasteiger partial charge in [0.15, 0.2) is 0 Å². The molecule has 0 saturated carbocycles. The topological polar surface area (TPSA) is 43.1 Å². The molecule has 0 radical (unpaired) electrons. The Bertz CT molecular complexity index is 76.8. The molecule has 0 aliphatic carbocycles. The molecular weight excluding hydrogens is 89.0 g/mol. The normalized spacial score (nSPS) is 7.67. The monoisotopic (exact) mass is 93.0 g/mol. The van der Waals surface area contributed by atoms with Crippen molar-refractivity contribution in [1.29, 1.82) is 0 Å². The van der Waals surface area contributed by atoms with Gasteiger partial charge in [0.05, 0.1) is 0 Å². The SMILES string of the molecule is C=[C]([Na])C(N)=O. The fraction of sp³-hybridized carbons (Fsp3) is 0. The Morgan fingerprint density at radius 2 is 2.00 bits per heavy atom. The number of carbonyl (C=O) groups excluding carboxylic acids is 1. The Labute approximate surface area is 53.8 Å². The molecule has 0 saturated heterocycles. The average Bonchev–Trinajstić information content (AvgIpc) is 1.36. The summed E-state index contributed by atoms with van der Waals surface area (Å²) in [6.07, 6.45) is 0. The summed E-state index contributed by atoms with van der Waals surface area (Å²) in [4.78, 5) is 9.86. The maximum absolute atomic E-state index is 9.86. The Kier molecular flexibility index (Phi) is 2.48. The summed E-state index contributed by atoms with van der Waals surface area (Å²) in [6.45, 7) is 3.34. The molecule has 0 heterocycles. The molecule has 0 aromatic rings. The van der Waals surface area contributed by atoms with Crippen LogP contribution in [0.25, 0.3) is 0 Å². The van der Waals surface area contributed by atoms with Crippen LogP contribution in [0.15, 0.2) is 9.40 Å². The van der Waals surface area contributed by atoms with Gasteiger partial charge in [-0.2, -0.15) is 0 Å². The van der Waals surface area contributed by atoms with Crippen molar-refractivity contribution in [3.05, 3.63) is 9.40 Å². The van der Waals surface area contributed by atoms with Gasteiger partial charge < -0.3 is 0 Å². The minimum atomic E-state index is -0.373. The molecule has 0 aromatic carbocycles. The average molecular weight is 93.1 g/mol. The second-order valence-corrected chi connectivity index (χ2v) is 2.35. The van der Waals surface area contributed by atoms with Crippen LogP contribution in [0.3, 0.4) is 0 Å². The molecule has 3 heteroatoms. The number of carbonyl (C=O) groups is 1. The summed E-state index contributed by atoms with van der Waals surface area (Å²) >= 11 is 0.684. The first-order valence-electron chi connectivity index (χ1n) is 1.60. The summed E-state index contributed by atoms with van der Waals surface area (Å²) in [5.41, 5.74) is 4.73. The molecule has 0 aliphatic heterocycles. The summed E-state index contributed by atoms with van der Waals surface area (Å²) in [5.74, 6) is -0.373. The van der Waals surface area contributed by atoms with E-state index >= 15 is 0 Å². The minimum absolute atomic E-state index is 0.373. The van der Waals surface area contributed by atoms with Gasteiger partial charge in [-0.3, -0.25) is 0 Å². The van der Waals surface area contributed by atoms with E-state index in [-0.39, 0.29) is 5.91 Å². The van der Waals surface area contributed by atoms with Crippen LogP contribution in [0.4, 0.5) is 0 Å². The third-order valence-corrected chi connectivity index (χ3v) is 0.913. The zero-order valence-electron chi connectivity index (χ0n) is 3.69. The van der Waals surface area contributed by atoms with Crippen molar-refractivity contribution in [3.63, 3.8) is 0 Å². The second-order valence-electron chi connectivity index (χ2n) is 1.14. The predicted molar refractivity (Wildman–Crippen MR) is 24.1 cm³/mol. The Balaban J connectivity index is 3.57. The molecule has 0 fully saturated rings. The summed E-state index contributed by atoms with van der Waals surface area (Å²) < 4.78 is 0.537. The van der Waals surface area contributed by atoms with E-state index in [1.807, 2.05) is 0 Å². The van der Waals surface area contributed by atoms with Crippen molar-refractivity contribution in [2.24, 2.45) is 5.73 Å². The van der Waals surface area contributed by atoms with Crippen LogP contribution in [-0.2, 0) is 4.79 Å². The third kappa shape index (κ3) is 2.45. The van der Waals surface area contributed by atoms with E-state index in [1.165, 1.54) is 0 Å². The van der Waals surface area contributed by atoms with E-state index in [2.05, 4.69) is 6.58 Å². The van der Waals surface area contributed by atoms with E-state index in [1.54, 1.807) is 0 Å². The molecule has 0 aliphatic rings. The number of nitrogens with two attached hydrogens (primary N) is 1. The van der Waals surface area contributed by atoms with Crippen LogP contribution in [0.2, 0.25) is 0 Å². The van der Waals surface area contributed by atoms with E-state index in [0.717, 1.165) is 0 Å². The zero-order valence-corrected chi connectivity index (χ0v) is 5.69. The summed E-state index contributed by atoms with van der Waals surface area (Å²) in [5, 5.41) is 0. The molecule has 0 unspecified atom stereocenters. The van der Waals surface area contributed by atoms with Gasteiger partial charge in [-0.05, 0) is 0 Å². The van der Waals surface area contributed by atoms with Gasteiger partial charge in [0.2, 0.25) is 0 Å². The number of hydrogen-bond donors (Lipinski definition) is 1. The zero-order chi connectivity index (χ0) is 5.15. The van der Waals surface area contributed by atoms with Crippen molar-refractivity contribution in [2.75, 3.05) is 0 Å². The van der Waals surface area contributed by atoms with Crippen LogP contribution >= 0.6 is 0 Å². The summed E-state index contributed by atoms with van der Waals surface area (Å²) in [6, 6.07) is 0. The van der Waals surface area contributed by atoms with Gasteiger partial charge in [0, 0.05) is 0 Å². The van der Waals surface area contributed by atoms with Crippen LogP contribution < -0.4 is 5.73 Å². The number of amides is 1. The van der Waals surface area contributed by atoms with E-state index in [4.69, 9.17) is 5.73 Å². The van der Waals surface area contributed by atoms with Gasteiger partial charge in [-0.15, -0.1) is 0 Å². The van der Waals surface area contributed by atoms with Crippen molar-refractivity contribution < 1.29 is 4.79 Å². The first kappa shape index (κ1) is 6.21. The molecule has 2 nitrogen and oxygen atoms in total. The molecule has 2 N–H and O–H groups in total. The Morgan fingerprint density at radius 1 is 1.83 bits per heavy atom. The molecule has 0 rings (SSSR count). The molecule has 28 valence electrons. The van der Waals surface area contributed by atoms with E-state index in [0.29, 0.717) is 30.8 Å². The van der Waals surface area contributed by atoms with E-state index in [9.17, 15) is 4.79 Å². The fourth-order valence-electron chi connectivity index (χ4n) is 0. The maximum atomic E-state index is 9.86.